The predicted molar refractivity (Wildman–Crippen MR) is 43.3 cm³/mol. The Bertz CT molecular complexity index is 224. The van der Waals surface area contributed by atoms with Crippen molar-refractivity contribution in [3.63, 3.8) is 0 Å². The van der Waals surface area contributed by atoms with Crippen LogP contribution in [0.2, 0.25) is 0 Å². The summed E-state index contributed by atoms with van der Waals surface area (Å²) in [4.78, 5) is 10.3. The molecule has 1 aliphatic carbocycles. The average molecular weight is 152 g/mol. The van der Waals surface area contributed by atoms with E-state index < -0.39 is 5.97 Å². The standard InChI is InChI=1S/C9H12O2/c1-7-3-2-4-8(5-7)6-9(10)11/h3,5H,2,4,6H2,1H3,(H,10,11). The maximum atomic E-state index is 10.3. The zero-order valence-electron chi connectivity index (χ0n) is 6.63. The second-order valence-corrected chi connectivity index (χ2v) is 2.86. The molecule has 0 aromatic carbocycles. The maximum Gasteiger partial charge on any atom is 0.307 e. The molecule has 0 aromatic rings. The Balaban J connectivity index is 2.58. The van der Waals surface area contributed by atoms with Crippen molar-refractivity contribution >= 4 is 5.97 Å². The highest BCUT2D eigenvalue weighted by atomic mass is 16.4. The van der Waals surface area contributed by atoms with Gasteiger partial charge in [-0.1, -0.05) is 23.3 Å². The van der Waals surface area contributed by atoms with Crippen molar-refractivity contribution in [2.45, 2.75) is 26.2 Å². The zero-order chi connectivity index (χ0) is 8.27. The minimum absolute atomic E-state index is 0.200. The van der Waals surface area contributed by atoms with Crippen LogP contribution in [-0.2, 0) is 4.79 Å². The van der Waals surface area contributed by atoms with Crippen molar-refractivity contribution in [1.29, 1.82) is 0 Å². The summed E-state index contributed by atoms with van der Waals surface area (Å²) < 4.78 is 0. The Morgan fingerprint density at radius 2 is 2.45 bits per heavy atom. The molecule has 0 radical (unpaired) electrons. The molecule has 0 aliphatic heterocycles. The first kappa shape index (κ1) is 8.05. The highest BCUT2D eigenvalue weighted by Crippen LogP contribution is 2.19. The second-order valence-electron chi connectivity index (χ2n) is 2.86. The van der Waals surface area contributed by atoms with Gasteiger partial charge in [0.1, 0.15) is 0 Å². The molecule has 11 heavy (non-hydrogen) atoms. The highest BCUT2D eigenvalue weighted by Gasteiger charge is 2.06. The number of rotatable bonds is 2. The lowest BCUT2D eigenvalue weighted by atomic mass is 9.98. The van der Waals surface area contributed by atoms with Crippen LogP contribution < -0.4 is 0 Å². The zero-order valence-corrected chi connectivity index (χ0v) is 6.63. The lowest BCUT2D eigenvalue weighted by molar-refractivity contribution is -0.136. The third-order valence-electron chi connectivity index (χ3n) is 1.74. The molecule has 0 fully saturated rings. The van der Waals surface area contributed by atoms with Crippen molar-refractivity contribution in [1.82, 2.24) is 0 Å². The topological polar surface area (TPSA) is 37.3 Å². The van der Waals surface area contributed by atoms with Crippen LogP contribution in [0.5, 0.6) is 0 Å². The number of carboxylic acid groups (broad SMARTS) is 1. The first-order chi connectivity index (χ1) is 5.18. The van der Waals surface area contributed by atoms with Crippen LogP contribution in [0, 0.1) is 0 Å². The molecule has 0 saturated heterocycles. The fraction of sp³-hybridized carbons (Fsp3) is 0.444. The lowest BCUT2D eigenvalue weighted by Crippen LogP contribution is -1.99. The van der Waals surface area contributed by atoms with Gasteiger partial charge in [-0.2, -0.15) is 0 Å². The number of hydrogen-bond donors (Lipinski definition) is 1. The minimum atomic E-state index is -0.731. The predicted octanol–water partition coefficient (Wildman–Crippen LogP) is 2.13. The smallest absolute Gasteiger partial charge is 0.307 e. The van der Waals surface area contributed by atoms with Gasteiger partial charge >= 0.3 is 5.97 Å². The molecule has 2 nitrogen and oxygen atoms in total. The molecular formula is C9H12O2. The van der Waals surface area contributed by atoms with E-state index >= 15 is 0 Å². The molecule has 1 aliphatic rings. The molecule has 1 rings (SSSR count). The minimum Gasteiger partial charge on any atom is -0.481 e. The summed E-state index contributed by atoms with van der Waals surface area (Å²) in [6.07, 6.45) is 6.20. The first-order valence-corrected chi connectivity index (χ1v) is 3.76. The van der Waals surface area contributed by atoms with E-state index in [4.69, 9.17) is 5.11 Å². The van der Waals surface area contributed by atoms with Gasteiger partial charge in [-0.3, -0.25) is 4.79 Å². The van der Waals surface area contributed by atoms with Crippen LogP contribution >= 0.6 is 0 Å². The number of aliphatic carboxylic acids is 1. The Hall–Kier alpha value is -1.05. The van der Waals surface area contributed by atoms with Crippen molar-refractivity contribution in [3.8, 4) is 0 Å². The van der Waals surface area contributed by atoms with Crippen molar-refractivity contribution in [3.05, 3.63) is 23.3 Å². The van der Waals surface area contributed by atoms with E-state index in [0.29, 0.717) is 0 Å². The molecule has 2 heteroatoms. The first-order valence-electron chi connectivity index (χ1n) is 3.76. The van der Waals surface area contributed by atoms with Crippen LogP contribution in [0.4, 0.5) is 0 Å². The monoisotopic (exact) mass is 152 g/mol. The third-order valence-corrected chi connectivity index (χ3v) is 1.74. The van der Waals surface area contributed by atoms with Crippen molar-refractivity contribution in [2.75, 3.05) is 0 Å². The van der Waals surface area contributed by atoms with Crippen molar-refractivity contribution < 1.29 is 9.90 Å². The highest BCUT2D eigenvalue weighted by molar-refractivity contribution is 5.70. The summed E-state index contributed by atoms with van der Waals surface area (Å²) >= 11 is 0. The van der Waals surface area contributed by atoms with E-state index in [2.05, 4.69) is 6.08 Å². The molecule has 0 spiro atoms. The molecule has 0 atom stereocenters. The molecule has 60 valence electrons. The number of allylic oxidation sites excluding steroid dienone is 3. The van der Waals surface area contributed by atoms with Gasteiger partial charge in [0.25, 0.3) is 0 Å². The van der Waals surface area contributed by atoms with Crippen molar-refractivity contribution in [2.24, 2.45) is 0 Å². The summed E-state index contributed by atoms with van der Waals surface area (Å²) in [5.74, 6) is -0.731. The van der Waals surface area contributed by atoms with Crippen LogP contribution in [-0.4, -0.2) is 11.1 Å². The van der Waals surface area contributed by atoms with E-state index in [1.165, 1.54) is 5.57 Å². The van der Waals surface area contributed by atoms with Gasteiger partial charge in [0.05, 0.1) is 6.42 Å². The van der Waals surface area contributed by atoms with E-state index in [1.807, 2.05) is 13.0 Å². The fourth-order valence-corrected chi connectivity index (χ4v) is 1.27. The van der Waals surface area contributed by atoms with E-state index in [1.54, 1.807) is 0 Å². The van der Waals surface area contributed by atoms with Gasteiger partial charge in [0, 0.05) is 0 Å². The molecule has 0 bridgehead atoms. The van der Waals surface area contributed by atoms with E-state index in [-0.39, 0.29) is 6.42 Å². The van der Waals surface area contributed by atoms with Crippen LogP contribution in [0.15, 0.2) is 23.3 Å². The van der Waals surface area contributed by atoms with E-state index in [9.17, 15) is 4.79 Å². The summed E-state index contributed by atoms with van der Waals surface area (Å²) in [6.45, 7) is 2.00. The summed E-state index contributed by atoms with van der Waals surface area (Å²) in [6, 6.07) is 0. The largest absolute Gasteiger partial charge is 0.481 e. The Kier molecular flexibility index (Phi) is 2.47. The molecule has 0 heterocycles. The molecule has 1 N–H and O–H groups in total. The third kappa shape index (κ3) is 2.58. The maximum absolute atomic E-state index is 10.3. The Morgan fingerprint density at radius 1 is 1.73 bits per heavy atom. The number of carboxylic acids is 1. The SMILES string of the molecule is CC1=CCCC(CC(=O)O)=C1. The molecule has 0 amide bonds. The summed E-state index contributed by atoms with van der Waals surface area (Å²) in [5, 5.41) is 8.49. The van der Waals surface area contributed by atoms with Crippen LogP contribution in [0.1, 0.15) is 26.2 Å². The van der Waals surface area contributed by atoms with Gasteiger partial charge in [-0.15, -0.1) is 0 Å². The van der Waals surface area contributed by atoms with Gasteiger partial charge < -0.3 is 5.11 Å². The van der Waals surface area contributed by atoms with Gasteiger partial charge in [0.2, 0.25) is 0 Å². The summed E-state index contributed by atoms with van der Waals surface area (Å²) in [7, 11) is 0. The lowest BCUT2D eigenvalue weighted by Gasteiger charge is -2.08. The quantitative estimate of drug-likeness (QED) is 0.658. The normalized spacial score (nSPS) is 17.2. The molecular weight excluding hydrogens is 140 g/mol. The Labute approximate surface area is 66.2 Å². The second kappa shape index (κ2) is 3.37. The number of hydrogen-bond acceptors (Lipinski definition) is 1. The van der Waals surface area contributed by atoms with Gasteiger partial charge in [-0.05, 0) is 19.8 Å². The molecule has 0 saturated carbocycles. The van der Waals surface area contributed by atoms with Gasteiger partial charge in [-0.25, -0.2) is 0 Å². The Morgan fingerprint density at radius 3 is 3.00 bits per heavy atom. The summed E-state index contributed by atoms with van der Waals surface area (Å²) in [5.41, 5.74) is 2.23. The van der Waals surface area contributed by atoms with E-state index in [0.717, 1.165) is 18.4 Å². The van der Waals surface area contributed by atoms with Gasteiger partial charge in [0.15, 0.2) is 0 Å². The average Bonchev–Trinajstić information content (AvgIpc) is 1.85. The van der Waals surface area contributed by atoms with Crippen LogP contribution in [0.3, 0.4) is 0 Å². The number of carbonyl (C=O) groups is 1. The molecule has 0 unspecified atom stereocenters. The van der Waals surface area contributed by atoms with Crippen LogP contribution in [0.25, 0.3) is 0 Å². The molecule has 0 aromatic heterocycles. The fourth-order valence-electron chi connectivity index (χ4n) is 1.27.